The van der Waals surface area contributed by atoms with Gasteiger partial charge >= 0.3 is 6.09 Å². The summed E-state index contributed by atoms with van der Waals surface area (Å²) in [5.74, 6) is 0. The Hall–Kier alpha value is -0.870. The molecular formula is C17H34N2O6S2. The zero-order chi connectivity index (χ0) is 21.1. The Morgan fingerprint density at radius 2 is 1.37 bits per heavy atom. The van der Waals surface area contributed by atoms with Crippen molar-refractivity contribution in [1.82, 2.24) is 4.72 Å². The number of hydrogen-bond donors (Lipinski definition) is 2. The van der Waals surface area contributed by atoms with Crippen molar-refractivity contribution in [2.75, 3.05) is 0 Å². The molecule has 0 aromatic rings. The van der Waals surface area contributed by atoms with E-state index in [0.717, 1.165) is 32.1 Å². The number of nitrogens with two attached hydrogens (primary N) is 1. The molecule has 2 rings (SSSR count). The fourth-order valence-corrected chi connectivity index (χ4v) is 5.79. The molecule has 0 atom stereocenters. The predicted octanol–water partition coefficient (Wildman–Crippen LogP) is 2.78. The maximum absolute atomic E-state index is 12.0. The minimum atomic E-state index is -3.61. The van der Waals surface area contributed by atoms with Crippen LogP contribution in [0.25, 0.3) is 0 Å². The number of rotatable bonds is 7. The molecule has 2 fully saturated rings. The van der Waals surface area contributed by atoms with E-state index in [-0.39, 0.29) is 0 Å². The molecule has 0 heterocycles. The SMILES string of the molecule is CCCC1(S(=O)(=O)NC(=O)OC(C)(C)C)CC1.CCCC1(S(N)(=O)=O)CC1. The lowest BCUT2D eigenvalue weighted by atomic mass is 10.2. The van der Waals surface area contributed by atoms with Gasteiger partial charge in [-0.2, -0.15) is 0 Å². The molecule has 0 aliphatic heterocycles. The Morgan fingerprint density at radius 1 is 0.963 bits per heavy atom. The van der Waals surface area contributed by atoms with Gasteiger partial charge in [0.1, 0.15) is 5.60 Å². The second kappa shape index (κ2) is 8.24. The van der Waals surface area contributed by atoms with E-state index in [1.54, 1.807) is 20.8 Å². The van der Waals surface area contributed by atoms with Gasteiger partial charge in [-0.3, -0.25) is 0 Å². The normalized spacial score (nSPS) is 20.1. The third-order valence-electron chi connectivity index (χ3n) is 4.82. The van der Waals surface area contributed by atoms with Crippen molar-refractivity contribution in [3.05, 3.63) is 0 Å². The number of carbonyl (C=O) groups excluding carboxylic acids is 1. The lowest BCUT2D eigenvalue weighted by Gasteiger charge is -2.21. The molecule has 2 aliphatic rings. The molecule has 0 unspecified atom stereocenters. The highest BCUT2D eigenvalue weighted by atomic mass is 32.2. The summed E-state index contributed by atoms with van der Waals surface area (Å²) in [6.45, 7) is 8.99. The Kier molecular flexibility index (Phi) is 7.38. The van der Waals surface area contributed by atoms with Gasteiger partial charge in [0.25, 0.3) is 0 Å². The van der Waals surface area contributed by atoms with Crippen LogP contribution in [0.3, 0.4) is 0 Å². The highest BCUT2D eigenvalue weighted by molar-refractivity contribution is 7.91. The second-order valence-corrected chi connectivity index (χ2v) is 12.6. The predicted molar refractivity (Wildman–Crippen MR) is 105 cm³/mol. The van der Waals surface area contributed by atoms with E-state index in [1.807, 2.05) is 18.6 Å². The van der Waals surface area contributed by atoms with Crippen molar-refractivity contribution in [3.8, 4) is 0 Å². The maximum Gasteiger partial charge on any atom is 0.421 e. The summed E-state index contributed by atoms with van der Waals surface area (Å²) in [6.07, 6.45) is 4.89. The molecule has 3 N–H and O–H groups in total. The van der Waals surface area contributed by atoms with E-state index < -0.39 is 41.2 Å². The summed E-state index contributed by atoms with van der Waals surface area (Å²) >= 11 is 0. The van der Waals surface area contributed by atoms with Crippen molar-refractivity contribution < 1.29 is 26.4 Å². The average Bonchev–Trinajstić information content (AvgIpc) is 3.31. The fraction of sp³-hybridized carbons (Fsp3) is 0.941. The summed E-state index contributed by atoms with van der Waals surface area (Å²) in [7, 11) is -6.86. The van der Waals surface area contributed by atoms with Gasteiger partial charge in [0, 0.05) is 0 Å². The Labute approximate surface area is 163 Å². The van der Waals surface area contributed by atoms with Crippen LogP contribution in [-0.4, -0.2) is 38.0 Å². The maximum atomic E-state index is 12.0. The first-order valence-electron chi connectivity index (χ1n) is 9.41. The largest absolute Gasteiger partial charge is 0.443 e. The first-order chi connectivity index (χ1) is 12.1. The highest BCUT2D eigenvalue weighted by Gasteiger charge is 2.54. The molecule has 0 aromatic heterocycles. The topological polar surface area (TPSA) is 133 Å². The smallest absolute Gasteiger partial charge is 0.421 e. The second-order valence-electron chi connectivity index (χ2n) is 8.52. The standard InChI is InChI=1S/C11H21NO4S.C6H13NO2S/c1-5-6-11(7-8-11)17(14,15)12-9(13)16-10(2,3)4;1-2-3-6(4-5-6)10(7,8)9/h5-8H2,1-4H3,(H,12,13);2-5H2,1H3,(H2,7,8,9). The van der Waals surface area contributed by atoms with Crippen LogP contribution < -0.4 is 9.86 Å². The van der Waals surface area contributed by atoms with E-state index in [9.17, 15) is 21.6 Å². The van der Waals surface area contributed by atoms with E-state index in [0.29, 0.717) is 19.3 Å². The minimum absolute atomic E-state index is 0.512. The molecule has 2 saturated carbocycles. The Bertz CT molecular complexity index is 730. The van der Waals surface area contributed by atoms with Gasteiger partial charge < -0.3 is 4.74 Å². The van der Waals surface area contributed by atoms with Crippen LogP contribution in [0.2, 0.25) is 0 Å². The number of hydrogen-bond acceptors (Lipinski definition) is 6. The van der Waals surface area contributed by atoms with Gasteiger partial charge in [-0.15, -0.1) is 0 Å². The van der Waals surface area contributed by atoms with E-state index in [2.05, 4.69) is 0 Å². The third kappa shape index (κ3) is 6.60. The van der Waals surface area contributed by atoms with Crippen LogP contribution in [0.1, 0.15) is 86.0 Å². The van der Waals surface area contributed by atoms with Crippen LogP contribution in [0.5, 0.6) is 0 Å². The van der Waals surface area contributed by atoms with Gasteiger partial charge in [0.05, 0.1) is 9.49 Å². The molecule has 160 valence electrons. The number of sulfonamides is 2. The first kappa shape index (κ1) is 24.2. The monoisotopic (exact) mass is 426 g/mol. The van der Waals surface area contributed by atoms with Crippen molar-refractivity contribution in [1.29, 1.82) is 0 Å². The zero-order valence-electron chi connectivity index (χ0n) is 17.0. The fourth-order valence-electron chi connectivity index (χ4n) is 3.04. The molecule has 1 amide bonds. The molecule has 27 heavy (non-hydrogen) atoms. The molecule has 0 saturated heterocycles. The molecule has 0 aromatic carbocycles. The van der Waals surface area contributed by atoms with Gasteiger partial charge in [-0.05, 0) is 59.3 Å². The van der Waals surface area contributed by atoms with Crippen molar-refractivity contribution in [3.63, 3.8) is 0 Å². The molecule has 0 bridgehead atoms. The summed E-state index contributed by atoms with van der Waals surface area (Å²) < 4.78 is 51.5. The average molecular weight is 427 g/mol. The molecule has 0 radical (unpaired) electrons. The summed E-state index contributed by atoms with van der Waals surface area (Å²) in [6, 6.07) is 0. The summed E-state index contributed by atoms with van der Waals surface area (Å²) in [5.41, 5.74) is -0.693. The van der Waals surface area contributed by atoms with Crippen LogP contribution in [0, 0.1) is 0 Å². The molecular weight excluding hydrogens is 392 g/mol. The quantitative estimate of drug-likeness (QED) is 0.643. The van der Waals surface area contributed by atoms with Crippen molar-refractivity contribution >= 4 is 26.1 Å². The number of carbonyl (C=O) groups is 1. The van der Waals surface area contributed by atoms with Crippen LogP contribution in [0.15, 0.2) is 0 Å². The highest BCUT2D eigenvalue weighted by Crippen LogP contribution is 2.47. The molecule has 10 heteroatoms. The molecule has 8 nitrogen and oxygen atoms in total. The first-order valence-corrected chi connectivity index (χ1v) is 12.4. The number of primary sulfonamides is 1. The van der Waals surface area contributed by atoms with Gasteiger partial charge in [0.15, 0.2) is 0 Å². The summed E-state index contributed by atoms with van der Waals surface area (Å²) in [5, 5.41) is 5.03. The molecule has 0 spiro atoms. The van der Waals surface area contributed by atoms with E-state index in [1.165, 1.54) is 0 Å². The lowest BCUT2D eigenvalue weighted by Crippen LogP contribution is -2.42. The van der Waals surface area contributed by atoms with Crippen LogP contribution in [0.4, 0.5) is 4.79 Å². The Balaban J connectivity index is 0.000000309. The van der Waals surface area contributed by atoms with Crippen LogP contribution >= 0.6 is 0 Å². The molecule has 2 aliphatic carbocycles. The minimum Gasteiger partial charge on any atom is -0.443 e. The number of amides is 1. The van der Waals surface area contributed by atoms with E-state index in [4.69, 9.17) is 9.88 Å². The van der Waals surface area contributed by atoms with Crippen LogP contribution in [-0.2, 0) is 24.8 Å². The summed E-state index contributed by atoms with van der Waals surface area (Å²) in [4.78, 5) is 11.4. The van der Waals surface area contributed by atoms with Gasteiger partial charge in [-0.25, -0.2) is 31.5 Å². The van der Waals surface area contributed by atoms with Gasteiger partial charge in [-0.1, -0.05) is 26.7 Å². The van der Waals surface area contributed by atoms with Crippen molar-refractivity contribution in [2.45, 2.75) is 101 Å². The van der Waals surface area contributed by atoms with E-state index >= 15 is 0 Å². The van der Waals surface area contributed by atoms with Gasteiger partial charge in [0.2, 0.25) is 20.0 Å². The number of ether oxygens (including phenoxy) is 1. The Morgan fingerprint density at radius 3 is 1.63 bits per heavy atom. The third-order valence-corrected chi connectivity index (χ3v) is 8.82. The zero-order valence-corrected chi connectivity index (χ0v) is 18.6. The van der Waals surface area contributed by atoms with Crippen molar-refractivity contribution in [2.24, 2.45) is 5.14 Å². The number of nitrogens with one attached hydrogen (secondary N) is 1. The lowest BCUT2D eigenvalue weighted by molar-refractivity contribution is 0.0569.